The molecule has 1 aromatic carbocycles. The highest BCUT2D eigenvalue weighted by atomic mass is 19.1. The highest BCUT2D eigenvalue weighted by Gasteiger charge is 2.06. The van der Waals surface area contributed by atoms with E-state index in [-0.39, 0.29) is 5.75 Å². The van der Waals surface area contributed by atoms with E-state index in [1.54, 1.807) is 24.5 Å². The van der Waals surface area contributed by atoms with E-state index in [4.69, 9.17) is 4.74 Å². The number of anilines is 4. The van der Waals surface area contributed by atoms with Crippen LogP contribution in [-0.4, -0.2) is 27.3 Å². The van der Waals surface area contributed by atoms with E-state index in [0.29, 0.717) is 23.1 Å². The molecule has 0 saturated carbocycles. The summed E-state index contributed by atoms with van der Waals surface area (Å²) in [5.74, 6) is 1.43. The molecule has 23 heavy (non-hydrogen) atoms. The van der Waals surface area contributed by atoms with Crippen molar-refractivity contribution < 1.29 is 9.13 Å². The second-order valence-electron chi connectivity index (χ2n) is 4.83. The maximum atomic E-state index is 13.4. The maximum Gasteiger partial charge on any atom is 0.165 e. The Hall–Kier alpha value is -3.16. The average molecular weight is 314 g/mol. The standard InChI is InChI=1S/C15H15FN6O/c1-9-5-13(22-21-9)19-15-8-17-7-14(20-15)18-10-3-4-11(16)12(6-10)23-2/h3-8H,1-2H3,(H3,18,19,20,21,22). The minimum Gasteiger partial charge on any atom is -0.494 e. The predicted molar refractivity (Wildman–Crippen MR) is 84.9 cm³/mol. The number of hydrogen-bond acceptors (Lipinski definition) is 6. The molecule has 0 saturated heterocycles. The number of aromatic amines is 1. The van der Waals surface area contributed by atoms with Gasteiger partial charge in [0.1, 0.15) is 0 Å². The summed E-state index contributed by atoms with van der Waals surface area (Å²) in [4.78, 5) is 8.49. The summed E-state index contributed by atoms with van der Waals surface area (Å²) in [5.41, 5.74) is 1.58. The van der Waals surface area contributed by atoms with Gasteiger partial charge in [0.05, 0.1) is 19.5 Å². The largest absolute Gasteiger partial charge is 0.494 e. The molecule has 0 unspecified atom stereocenters. The Morgan fingerprint density at radius 3 is 2.57 bits per heavy atom. The molecule has 7 nitrogen and oxygen atoms in total. The fraction of sp³-hybridized carbons (Fsp3) is 0.133. The van der Waals surface area contributed by atoms with Crippen LogP contribution in [0.5, 0.6) is 5.75 Å². The summed E-state index contributed by atoms with van der Waals surface area (Å²) in [6, 6.07) is 6.32. The monoisotopic (exact) mass is 314 g/mol. The van der Waals surface area contributed by atoms with Gasteiger partial charge in [-0.15, -0.1) is 0 Å². The molecular weight excluding hydrogens is 299 g/mol. The summed E-state index contributed by atoms with van der Waals surface area (Å²) in [6.45, 7) is 1.91. The zero-order valence-corrected chi connectivity index (χ0v) is 12.6. The zero-order valence-electron chi connectivity index (χ0n) is 12.6. The summed E-state index contributed by atoms with van der Waals surface area (Å²) in [7, 11) is 1.42. The molecule has 0 fully saturated rings. The lowest BCUT2D eigenvalue weighted by Crippen LogP contribution is -2.00. The summed E-state index contributed by atoms with van der Waals surface area (Å²) in [5, 5.41) is 13.0. The number of nitrogens with one attached hydrogen (secondary N) is 3. The molecular formula is C15H15FN6O. The number of rotatable bonds is 5. The van der Waals surface area contributed by atoms with Crippen molar-refractivity contribution in [3.05, 3.63) is 48.2 Å². The molecule has 0 aliphatic heterocycles. The minimum absolute atomic E-state index is 0.157. The third kappa shape index (κ3) is 3.54. The van der Waals surface area contributed by atoms with Gasteiger partial charge in [-0.3, -0.25) is 10.1 Å². The third-order valence-corrected chi connectivity index (χ3v) is 3.02. The van der Waals surface area contributed by atoms with Gasteiger partial charge in [0.2, 0.25) is 0 Å². The van der Waals surface area contributed by atoms with Gasteiger partial charge in [-0.1, -0.05) is 0 Å². The van der Waals surface area contributed by atoms with Crippen molar-refractivity contribution in [2.24, 2.45) is 0 Å². The molecule has 0 aliphatic rings. The molecule has 3 aromatic rings. The smallest absolute Gasteiger partial charge is 0.165 e. The van der Waals surface area contributed by atoms with Gasteiger partial charge in [-0.2, -0.15) is 5.10 Å². The molecule has 3 N–H and O–H groups in total. The fourth-order valence-electron chi connectivity index (χ4n) is 1.99. The predicted octanol–water partition coefficient (Wildman–Crippen LogP) is 3.14. The maximum absolute atomic E-state index is 13.4. The van der Waals surface area contributed by atoms with Crippen molar-refractivity contribution in [3.8, 4) is 5.75 Å². The van der Waals surface area contributed by atoms with Crippen LogP contribution in [-0.2, 0) is 0 Å². The Labute approximate surface area is 131 Å². The van der Waals surface area contributed by atoms with Crippen LogP contribution >= 0.6 is 0 Å². The number of hydrogen-bond donors (Lipinski definition) is 3. The van der Waals surface area contributed by atoms with Crippen molar-refractivity contribution in [2.75, 3.05) is 17.7 Å². The molecule has 2 heterocycles. The number of H-pyrrole nitrogens is 1. The Morgan fingerprint density at radius 1 is 1.09 bits per heavy atom. The third-order valence-electron chi connectivity index (χ3n) is 3.02. The van der Waals surface area contributed by atoms with Gasteiger partial charge in [0.25, 0.3) is 0 Å². The van der Waals surface area contributed by atoms with Crippen LogP contribution in [0.4, 0.5) is 27.5 Å². The van der Waals surface area contributed by atoms with Crippen molar-refractivity contribution in [1.82, 2.24) is 20.2 Å². The number of aryl methyl sites for hydroxylation is 1. The van der Waals surface area contributed by atoms with E-state index in [1.807, 2.05) is 13.0 Å². The molecule has 2 aromatic heterocycles. The lowest BCUT2D eigenvalue weighted by atomic mass is 10.3. The van der Waals surface area contributed by atoms with Gasteiger partial charge in [0, 0.05) is 23.5 Å². The highest BCUT2D eigenvalue weighted by molar-refractivity contribution is 5.60. The lowest BCUT2D eigenvalue weighted by Gasteiger charge is -2.09. The number of aromatic nitrogens is 4. The topological polar surface area (TPSA) is 87.8 Å². The quantitative estimate of drug-likeness (QED) is 0.670. The lowest BCUT2D eigenvalue weighted by molar-refractivity contribution is 0.387. The van der Waals surface area contributed by atoms with Crippen LogP contribution in [0.1, 0.15) is 5.69 Å². The van der Waals surface area contributed by atoms with Crippen LogP contribution in [0.25, 0.3) is 0 Å². The second kappa shape index (κ2) is 6.30. The van der Waals surface area contributed by atoms with Crippen LogP contribution in [0, 0.1) is 12.7 Å². The Kier molecular flexibility index (Phi) is 4.05. The second-order valence-corrected chi connectivity index (χ2v) is 4.83. The van der Waals surface area contributed by atoms with E-state index < -0.39 is 5.82 Å². The summed E-state index contributed by atoms with van der Waals surface area (Å²) < 4.78 is 18.4. The molecule has 0 aliphatic carbocycles. The Morgan fingerprint density at radius 2 is 1.87 bits per heavy atom. The average Bonchev–Trinajstić information content (AvgIpc) is 2.94. The molecule has 0 amide bonds. The van der Waals surface area contributed by atoms with E-state index in [1.165, 1.54) is 13.2 Å². The molecule has 0 spiro atoms. The van der Waals surface area contributed by atoms with Gasteiger partial charge in [-0.05, 0) is 19.1 Å². The minimum atomic E-state index is -0.423. The van der Waals surface area contributed by atoms with Gasteiger partial charge < -0.3 is 15.4 Å². The number of methoxy groups -OCH3 is 1. The van der Waals surface area contributed by atoms with E-state index in [2.05, 4.69) is 30.8 Å². The van der Waals surface area contributed by atoms with Crippen LogP contribution in [0.2, 0.25) is 0 Å². The van der Waals surface area contributed by atoms with Crippen LogP contribution in [0.15, 0.2) is 36.7 Å². The van der Waals surface area contributed by atoms with E-state index in [9.17, 15) is 4.39 Å². The Balaban J connectivity index is 1.77. The molecule has 0 atom stereocenters. The van der Waals surface area contributed by atoms with Crippen molar-refractivity contribution in [3.63, 3.8) is 0 Å². The molecule has 118 valence electrons. The SMILES string of the molecule is COc1cc(Nc2cncc(Nc3cc(C)[nH]n3)n2)ccc1F. The highest BCUT2D eigenvalue weighted by Crippen LogP contribution is 2.24. The summed E-state index contributed by atoms with van der Waals surface area (Å²) in [6.07, 6.45) is 3.15. The van der Waals surface area contributed by atoms with Gasteiger partial charge in [0.15, 0.2) is 29.0 Å². The van der Waals surface area contributed by atoms with Crippen molar-refractivity contribution in [2.45, 2.75) is 6.92 Å². The Bertz CT molecular complexity index is 819. The fourth-order valence-corrected chi connectivity index (χ4v) is 1.99. The van der Waals surface area contributed by atoms with Crippen molar-refractivity contribution in [1.29, 1.82) is 0 Å². The van der Waals surface area contributed by atoms with E-state index >= 15 is 0 Å². The first kappa shape index (κ1) is 14.8. The van der Waals surface area contributed by atoms with Gasteiger partial charge in [-0.25, -0.2) is 9.37 Å². The van der Waals surface area contributed by atoms with Crippen molar-refractivity contribution >= 4 is 23.1 Å². The number of halogens is 1. The van der Waals surface area contributed by atoms with Crippen LogP contribution < -0.4 is 15.4 Å². The zero-order chi connectivity index (χ0) is 16.2. The van der Waals surface area contributed by atoms with Crippen LogP contribution in [0.3, 0.4) is 0 Å². The first-order valence-electron chi connectivity index (χ1n) is 6.85. The normalized spacial score (nSPS) is 10.4. The van der Waals surface area contributed by atoms with Gasteiger partial charge >= 0.3 is 0 Å². The summed E-state index contributed by atoms with van der Waals surface area (Å²) >= 11 is 0. The first-order valence-corrected chi connectivity index (χ1v) is 6.85. The molecule has 0 bridgehead atoms. The first-order chi connectivity index (χ1) is 11.1. The number of ether oxygens (including phenoxy) is 1. The number of benzene rings is 1. The molecule has 0 radical (unpaired) electrons. The molecule has 8 heteroatoms. The van der Waals surface area contributed by atoms with E-state index in [0.717, 1.165) is 5.69 Å². The molecule has 3 rings (SSSR count). The number of nitrogens with zero attached hydrogens (tertiary/aromatic N) is 3.